The van der Waals surface area contributed by atoms with Crippen molar-refractivity contribution in [2.45, 2.75) is 33.4 Å². The van der Waals surface area contributed by atoms with Crippen molar-refractivity contribution in [3.63, 3.8) is 0 Å². The van der Waals surface area contributed by atoms with Crippen LogP contribution in [0.3, 0.4) is 0 Å². The summed E-state index contributed by atoms with van der Waals surface area (Å²) in [6.45, 7) is 6.21. The largest absolute Gasteiger partial charge is 0.312 e. The number of pyridine rings is 1. The van der Waals surface area contributed by atoms with E-state index in [4.69, 9.17) is 23.2 Å². The second-order valence-electron chi connectivity index (χ2n) is 6.36. The predicted octanol–water partition coefficient (Wildman–Crippen LogP) is 4.56. The van der Waals surface area contributed by atoms with Crippen molar-refractivity contribution in [1.29, 1.82) is 0 Å². The Morgan fingerprint density at radius 3 is 2.83 bits per heavy atom. The van der Waals surface area contributed by atoms with Crippen molar-refractivity contribution in [3.8, 4) is 0 Å². The third-order valence-corrected chi connectivity index (χ3v) is 5.13. The molecule has 0 radical (unpaired) electrons. The van der Waals surface area contributed by atoms with E-state index in [1.807, 2.05) is 32.0 Å². The number of benzene rings is 1. The van der Waals surface area contributed by atoms with Gasteiger partial charge in [0.1, 0.15) is 5.82 Å². The maximum Gasteiger partial charge on any atom is 0.260 e. The molecule has 0 bridgehead atoms. The number of anilines is 1. The molecule has 0 aliphatic carbocycles. The van der Waals surface area contributed by atoms with Gasteiger partial charge in [-0.15, -0.1) is 0 Å². The van der Waals surface area contributed by atoms with Crippen molar-refractivity contribution < 1.29 is 4.79 Å². The number of nitrogens with one attached hydrogen (secondary N) is 2. The Morgan fingerprint density at radius 2 is 2.03 bits per heavy atom. The van der Waals surface area contributed by atoms with Crippen LogP contribution < -0.4 is 10.6 Å². The van der Waals surface area contributed by atoms with Gasteiger partial charge in [-0.3, -0.25) is 9.48 Å². The van der Waals surface area contributed by atoms with Crippen LogP contribution in [0, 0.1) is 0 Å². The van der Waals surface area contributed by atoms with Crippen LogP contribution in [0.4, 0.5) is 5.82 Å². The van der Waals surface area contributed by atoms with E-state index < -0.39 is 0 Å². The van der Waals surface area contributed by atoms with E-state index in [1.165, 1.54) is 11.8 Å². The molecular formula is C21H23Cl2N5O. The Morgan fingerprint density at radius 1 is 1.21 bits per heavy atom. The van der Waals surface area contributed by atoms with Crippen LogP contribution in [-0.2, 0) is 19.5 Å². The third kappa shape index (κ3) is 5.35. The number of hydrogen-bond donors (Lipinski definition) is 2. The molecule has 0 unspecified atom stereocenters. The van der Waals surface area contributed by atoms with Gasteiger partial charge in [-0.05, 0) is 29.3 Å². The highest BCUT2D eigenvalue weighted by Gasteiger charge is 2.14. The number of hydrogen-bond acceptors (Lipinski definition) is 4. The van der Waals surface area contributed by atoms with Crippen LogP contribution in [-0.4, -0.2) is 27.2 Å². The third-order valence-electron chi connectivity index (χ3n) is 4.39. The van der Waals surface area contributed by atoms with E-state index in [-0.39, 0.29) is 5.91 Å². The van der Waals surface area contributed by atoms with E-state index >= 15 is 0 Å². The molecule has 0 saturated heterocycles. The summed E-state index contributed by atoms with van der Waals surface area (Å²) in [6.07, 6.45) is 4.09. The minimum absolute atomic E-state index is 0.239. The van der Waals surface area contributed by atoms with Gasteiger partial charge in [0.25, 0.3) is 5.91 Å². The normalized spacial score (nSPS) is 12.6. The van der Waals surface area contributed by atoms with Gasteiger partial charge in [0.2, 0.25) is 0 Å². The maximum atomic E-state index is 12.5. The summed E-state index contributed by atoms with van der Waals surface area (Å²) in [5.74, 6) is 0.314. The predicted molar refractivity (Wildman–Crippen MR) is 117 cm³/mol. The zero-order valence-electron chi connectivity index (χ0n) is 16.4. The van der Waals surface area contributed by atoms with Gasteiger partial charge in [-0.1, -0.05) is 49.2 Å². The lowest BCUT2D eigenvalue weighted by atomic mass is 10.1. The first-order chi connectivity index (χ1) is 14.1. The molecule has 8 heteroatoms. The summed E-state index contributed by atoms with van der Waals surface area (Å²) < 4.78 is 1.68. The number of amides is 1. The molecule has 0 saturated carbocycles. The topological polar surface area (TPSA) is 71.8 Å². The average Bonchev–Trinajstić information content (AvgIpc) is 3.21. The van der Waals surface area contributed by atoms with Crippen LogP contribution in [0.2, 0.25) is 10.0 Å². The molecule has 0 fully saturated rings. The second-order valence-corrected chi connectivity index (χ2v) is 7.17. The van der Waals surface area contributed by atoms with Crippen LogP contribution in [0.5, 0.6) is 0 Å². The number of halogens is 2. The fourth-order valence-electron chi connectivity index (χ4n) is 2.99. The summed E-state index contributed by atoms with van der Waals surface area (Å²) in [5, 5.41) is 11.4. The number of fused-ring (bicyclic) bond motifs is 1. The van der Waals surface area contributed by atoms with Gasteiger partial charge in [-0.2, -0.15) is 5.10 Å². The molecule has 1 amide bonds. The van der Waals surface area contributed by atoms with Gasteiger partial charge in [0.05, 0.1) is 28.4 Å². The van der Waals surface area contributed by atoms with Crippen LogP contribution in [0.25, 0.3) is 0 Å². The number of carbonyl (C=O) groups is 1. The van der Waals surface area contributed by atoms with E-state index in [0.717, 1.165) is 30.8 Å². The zero-order chi connectivity index (χ0) is 20.8. The van der Waals surface area contributed by atoms with Gasteiger partial charge in [0, 0.05) is 31.4 Å². The van der Waals surface area contributed by atoms with Gasteiger partial charge < -0.3 is 10.6 Å². The molecule has 1 aliphatic rings. The monoisotopic (exact) mass is 431 g/mol. The van der Waals surface area contributed by atoms with Crippen molar-refractivity contribution in [2.75, 3.05) is 11.9 Å². The molecule has 3 aromatic rings. The van der Waals surface area contributed by atoms with Crippen LogP contribution in [0.1, 0.15) is 41.0 Å². The lowest BCUT2D eigenvalue weighted by Crippen LogP contribution is -2.25. The van der Waals surface area contributed by atoms with Crippen molar-refractivity contribution in [1.82, 2.24) is 20.1 Å². The first kappa shape index (κ1) is 21.3. The molecule has 4 rings (SSSR count). The molecule has 0 atom stereocenters. The Bertz CT molecular complexity index is 1000. The summed E-state index contributed by atoms with van der Waals surface area (Å²) in [4.78, 5) is 17.0. The standard InChI is InChI=1S/C19H17Cl2N5O.C2H6/c20-15-3-1-12(7-16(15)21)10-26-11-14(9-23-26)19(27)25-18-4-2-13-8-22-6-5-17(13)24-18;1-2/h1-4,7,9,11,22H,5-6,8,10H2,(H,24,25,27);1-2H3. The van der Waals surface area contributed by atoms with E-state index in [2.05, 4.69) is 20.7 Å². The van der Waals surface area contributed by atoms with E-state index in [9.17, 15) is 4.79 Å². The SMILES string of the molecule is CC.O=C(Nc1ccc2c(n1)CCNC2)c1cnn(Cc2ccc(Cl)c(Cl)c2)c1. The summed E-state index contributed by atoms with van der Waals surface area (Å²) in [6, 6.07) is 9.23. The summed E-state index contributed by atoms with van der Waals surface area (Å²) in [5.41, 5.74) is 3.62. The molecular weight excluding hydrogens is 409 g/mol. The molecule has 1 aromatic carbocycles. The average molecular weight is 432 g/mol. The van der Waals surface area contributed by atoms with Crippen LogP contribution >= 0.6 is 23.2 Å². The molecule has 2 N–H and O–H groups in total. The fourth-order valence-corrected chi connectivity index (χ4v) is 3.31. The number of carbonyl (C=O) groups excluding carboxylic acids is 1. The Labute approximate surface area is 180 Å². The van der Waals surface area contributed by atoms with E-state index in [0.29, 0.717) is 28.0 Å². The highest BCUT2D eigenvalue weighted by Crippen LogP contribution is 2.23. The first-order valence-corrected chi connectivity index (χ1v) is 10.3. The van der Waals surface area contributed by atoms with Crippen molar-refractivity contribution >= 4 is 34.9 Å². The molecule has 29 heavy (non-hydrogen) atoms. The number of rotatable bonds is 4. The van der Waals surface area contributed by atoms with Crippen molar-refractivity contribution in [3.05, 3.63) is 75.2 Å². The number of nitrogens with zero attached hydrogens (tertiary/aromatic N) is 3. The Balaban J connectivity index is 0.00000117. The highest BCUT2D eigenvalue weighted by molar-refractivity contribution is 6.42. The fraction of sp³-hybridized carbons (Fsp3) is 0.286. The zero-order valence-corrected chi connectivity index (χ0v) is 17.9. The minimum Gasteiger partial charge on any atom is -0.312 e. The Hall–Kier alpha value is -2.41. The second kappa shape index (κ2) is 9.87. The van der Waals surface area contributed by atoms with Crippen LogP contribution in [0.15, 0.2) is 42.7 Å². The quantitative estimate of drug-likeness (QED) is 0.634. The molecule has 1 aliphatic heterocycles. The lowest BCUT2D eigenvalue weighted by Gasteiger charge is -2.16. The van der Waals surface area contributed by atoms with Crippen molar-refractivity contribution in [2.24, 2.45) is 0 Å². The number of aromatic nitrogens is 3. The van der Waals surface area contributed by atoms with Gasteiger partial charge in [-0.25, -0.2) is 4.98 Å². The molecule has 152 valence electrons. The molecule has 6 nitrogen and oxygen atoms in total. The highest BCUT2D eigenvalue weighted by atomic mass is 35.5. The summed E-state index contributed by atoms with van der Waals surface area (Å²) >= 11 is 12.0. The smallest absolute Gasteiger partial charge is 0.260 e. The first-order valence-electron chi connectivity index (χ1n) is 9.56. The van der Waals surface area contributed by atoms with E-state index in [1.54, 1.807) is 23.0 Å². The Kier molecular flexibility index (Phi) is 7.25. The summed E-state index contributed by atoms with van der Waals surface area (Å²) in [7, 11) is 0. The van der Waals surface area contributed by atoms with Gasteiger partial charge in [0.15, 0.2) is 0 Å². The molecule has 3 heterocycles. The molecule has 0 spiro atoms. The van der Waals surface area contributed by atoms with Gasteiger partial charge >= 0.3 is 0 Å². The lowest BCUT2D eigenvalue weighted by molar-refractivity contribution is 0.102. The maximum absolute atomic E-state index is 12.5. The minimum atomic E-state index is -0.239. The molecule has 2 aromatic heterocycles.